The van der Waals surface area contributed by atoms with Crippen molar-refractivity contribution in [2.45, 2.75) is 44.4 Å². The van der Waals surface area contributed by atoms with Gasteiger partial charge in [0.1, 0.15) is 6.42 Å². The molecule has 1 aromatic rings. The Bertz CT molecular complexity index is 709. The van der Waals surface area contributed by atoms with Gasteiger partial charge >= 0.3 is 5.97 Å². The molecule has 0 radical (unpaired) electrons. The van der Waals surface area contributed by atoms with Crippen LogP contribution in [0, 0.1) is 22.7 Å². The maximum atomic E-state index is 12.2. The quantitative estimate of drug-likeness (QED) is 0.712. The predicted octanol–water partition coefficient (Wildman–Crippen LogP) is 2.83. The zero-order valence-corrected chi connectivity index (χ0v) is 14.3. The van der Waals surface area contributed by atoms with Gasteiger partial charge in [0.05, 0.1) is 30.6 Å². The van der Waals surface area contributed by atoms with Gasteiger partial charge in [-0.2, -0.15) is 10.5 Å². The average Bonchev–Trinajstić information content (AvgIpc) is 2.56. The Hall–Kier alpha value is -2.86. The fourth-order valence-corrected chi connectivity index (χ4v) is 2.95. The van der Waals surface area contributed by atoms with E-state index >= 15 is 0 Å². The first-order valence-electron chi connectivity index (χ1n) is 8.41. The van der Waals surface area contributed by atoms with E-state index in [0.29, 0.717) is 5.69 Å². The number of nitriles is 2. The van der Waals surface area contributed by atoms with Gasteiger partial charge in [0, 0.05) is 12.2 Å². The summed E-state index contributed by atoms with van der Waals surface area (Å²) in [5.74, 6) is -0.745. The molecule has 0 aliphatic heterocycles. The van der Waals surface area contributed by atoms with E-state index < -0.39 is 5.41 Å². The van der Waals surface area contributed by atoms with Crippen molar-refractivity contribution in [2.24, 2.45) is 0 Å². The zero-order chi connectivity index (χ0) is 18.3. The first kappa shape index (κ1) is 18.5. The van der Waals surface area contributed by atoms with Gasteiger partial charge in [-0.15, -0.1) is 0 Å². The van der Waals surface area contributed by atoms with Gasteiger partial charge in [-0.25, -0.2) is 0 Å². The van der Waals surface area contributed by atoms with Gasteiger partial charge in [0.15, 0.2) is 0 Å². The fourth-order valence-electron chi connectivity index (χ4n) is 2.95. The Labute approximate surface area is 147 Å². The summed E-state index contributed by atoms with van der Waals surface area (Å²) in [5, 5.41) is 18.2. The van der Waals surface area contributed by atoms with Crippen molar-refractivity contribution in [2.75, 3.05) is 18.1 Å². The van der Waals surface area contributed by atoms with Gasteiger partial charge in [-0.3, -0.25) is 9.59 Å². The van der Waals surface area contributed by atoms with Gasteiger partial charge in [0.2, 0.25) is 5.91 Å². The van der Waals surface area contributed by atoms with Crippen molar-refractivity contribution in [1.82, 2.24) is 0 Å². The minimum absolute atomic E-state index is 0.0644. The Balaban J connectivity index is 2.16. The lowest BCUT2D eigenvalue weighted by atomic mass is 9.65. The molecule has 1 aliphatic carbocycles. The minimum Gasteiger partial charge on any atom is -0.466 e. The van der Waals surface area contributed by atoms with E-state index in [1.54, 1.807) is 19.1 Å². The SMILES string of the molecule is CCOC(=O)CCN(C(=O)CC#N)c1ccc(C2(C#N)CCC2)cc1. The summed E-state index contributed by atoms with van der Waals surface area (Å²) < 4.78 is 4.89. The largest absolute Gasteiger partial charge is 0.466 e. The highest BCUT2D eigenvalue weighted by Gasteiger charge is 2.38. The van der Waals surface area contributed by atoms with Gasteiger partial charge in [0.25, 0.3) is 0 Å². The summed E-state index contributed by atoms with van der Waals surface area (Å²) in [6, 6.07) is 11.5. The van der Waals surface area contributed by atoms with Crippen molar-refractivity contribution >= 4 is 17.6 Å². The highest BCUT2D eigenvalue weighted by Crippen LogP contribution is 2.43. The lowest BCUT2D eigenvalue weighted by Gasteiger charge is -2.36. The smallest absolute Gasteiger partial charge is 0.307 e. The summed E-state index contributed by atoms with van der Waals surface area (Å²) >= 11 is 0. The minimum atomic E-state index is -0.412. The molecule has 0 heterocycles. The molecule has 1 aromatic carbocycles. The van der Waals surface area contributed by atoms with Crippen LogP contribution in [-0.4, -0.2) is 25.0 Å². The molecular weight excluding hydrogens is 318 g/mol. The fraction of sp³-hybridized carbons (Fsp3) is 0.474. The maximum absolute atomic E-state index is 12.2. The average molecular weight is 339 g/mol. The lowest BCUT2D eigenvalue weighted by molar-refractivity contribution is -0.142. The maximum Gasteiger partial charge on any atom is 0.307 e. The molecule has 1 saturated carbocycles. The first-order chi connectivity index (χ1) is 12.1. The topological polar surface area (TPSA) is 94.2 Å². The second-order valence-corrected chi connectivity index (χ2v) is 6.03. The standard InChI is InChI=1S/C19H21N3O3/c1-2-25-18(24)9-13-22(17(23)8-12-20)16-6-4-15(5-7-16)19(14-21)10-3-11-19/h4-7H,2-3,8-11,13H2,1H3. The van der Waals surface area contributed by atoms with Crippen LogP contribution in [0.1, 0.15) is 44.6 Å². The predicted molar refractivity (Wildman–Crippen MR) is 91.4 cm³/mol. The van der Waals surface area contributed by atoms with Crippen LogP contribution < -0.4 is 4.90 Å². The Kier molecular flexibility index (Phi) is 6.14. The molecule has 0 saturated heterocycles. The molecular formula is C19H21N3O3. The van der Waals surface area contributed by atoms with Crippen molar-refractivity contribution in [1.29, 1.82) is 10.5 Å². The molecule has 6 nitrogen and oxygen atoms in total. The van der Waals surface area contributed by atoms with Crippen LogP contribution in [0.4, 0.5) is 5.69 Å². The van der Waals surface area contributed by atoms with E-state index in [0.717, 1.165) is 24.8 Å². The van der Waals surface area contributed by atoms with E-state index in [1.807, 2.05) is 18.2 Å². The highest BCUT2D eigenvalue weighted by atomic mass is 16.5. The number of carbonyl (C=O) groups excluding carboxylic acids is 2. The van der Waals surface area contributed by atoms with Crippen LogP contribution in [-0.2, 0) is 19.7 Å². The molecule has 0 spiro atoms. The third-order valence-corrected chi connectivity index (χ3v) is 4.53. The molecule has 1 amide bonds. The molecule has 25 heavy (non-hydrogen) atoms. The summed E-state index contributed by atoms with van der Waals surface area (Å²) in [4.78, 5) is 25.2. The number of anilines is 1. The number of hydrogen-bond acceptors (Lipinski definition) is 5. The van der Waals surface area contributed by atoms with E-state index in [1.165, 1.54) is 4.90 Å². The number of amides is 1. The van der Waals surface area contributed by atoms with Crippen molar-refractivity contribution in [3.05, 3.63) is 29.8 Å². The second-order valence-electron chi connectivity index (χ2n) is 6.03. The summed E-state index contributed by atoms with van der Waals surface area (Å²) in [5.41, 5.74) is 1.15. The van der Waals surface area contributed by atoms with Crippen molar-refractivity contribution in [3.63, 3.8) is 0 Å². The molecule has 1 aliphatic rings. The van der Waals surface area contributed by atoms with Crippen LogP contribution in [0.5, 0.6) is 0 Å². The van der Waals surface area contributed by atoms with E-state index in [-0.39, 0.29) is 37.9 Å². The monoisotopic (exact) mass is 339 g/mol. The summed E-state index contributed by atoms with van der Waals surface area (Å²) in [6.07, 6.45) is 2.55. The van der Waals surface area contributed by atoms with Crippen LogP contribution in [0.25, 0.3) is 0 Å². The molecule has 6 heteroatoms. The number of carbonyl (C=O) groups is 2. The summed E-state index contributed by atoms with van der Waals surface area (Å²) in [6.45, 7) is 2.17. The highest BCUT2D eigenvalue weighted by molar-refractivity contribution is 5.95. The lowest BCUT2D eigenvalue weighted by Crippen LogP contribution is -2.34. The molecule has 0 bridgehead atoms. The second kappa shape index (κ2) is 8.30. The number of benzene rings is 1. The number of esters is 1. The van der Waals surface area contributed by atoms with E-state index in [4.69, 9.17) is 10.00 Å². The molecule has 1 fully saturated rings. The van der Waals surface area contributed by atoms with E-state index in [9.17, 15) is 14.9 Å². The summed E-state index contributed by atoms with van der Waals surface area (Å²) in [7, 11) is 0. The van der Waals surface area contributed by atoms with E-state index in [2.05, 4.69) is 6.07 Å². The Morgan fingerprint density at radius 3 is 2.40 bits per heavy atom. The first-order valence-corrected chi connectivity index (χ1v) is 8.41. The Morgan fingerprint density at radius 2 is 1.92 bits per heavy atom. The molecule has 130 valence electrons. The molecule has 0 unspecified atom stereocenters. The van der Waals surface area contributed by atoms with Crippen molar-refractivity contribution < 1.29 is 14.3 Å². The number of hydrogen-bond donors (Lipinski definition) is 0. The number of nitrogens with zero attached hydrogens (tertiary/aromatic N) is 3. The van der Waals surface area contributed by atoms with Crippen LogP contribution in [0.2, 0.25) is 0 Å². The molecule has 0 aromatic heterocycles. The normalized spacial score (nSPS) is 14.5. The van der Waals surface area contributed by atoms with Crippen LogP contribution in [0.3, 0.4) is 0 Å². The van der Waals surface area contributed by atoms with Crippen LogP contribution in [0.15, 0.2) is 24.3 Å². The van der Waals surface area contributed by atoms with Gasteiger partial charge < -0.3 is 9.64 Å². The third kappa shape index (κ3) is 4.16. The van der Waals surface area contributed by atoms with Gasteiger partial charge in [-0.05, 0) is 43.9 Å². The Morgan fingerprint density at radius 1 is 1.24 bits per heavy atom. The number of ether oxygens (including phenoxy) is 1. The number of rotatable bonds is 7. The molecule has 0 N–H and O–H groups in total. The zero-order valence-electron chi connectivity index (χ0n) is 14.3. The van der Waals surface area contributed by atoms with Crippen LogP contribution >= 0.6 is 0 Å². The van der Waals surface area contributed by atoms with Gasteiger partial charge in [-0.1, -0.05) is 12.1 Å². The third-order valence-electron chi connectivity index (χ3n) is 4.53. The molecule has 0 atom stereocenters. The molecule has 2 rings (SSSR count). The van der Waals surface area contributed by atoms with Crippen molar-refractivity contribution in [3.8, 4) is 12.1 Å².